The number of benzene rings is 2. The highest BCUT2D eigenvalue weighted by Gasteiger charge is 2.22. The lowest BCUT2D eigenvalue weighted by Crippen LogP contribution is -2.49. The zero-order chi connectivity index (χ0) is 21.1. The summed E-state index contributed by atoms with van der Waals surface area (Å²) in [6.07, 6.45) is 0. The minimum atomic E-state index is -0.282. The number of nitrogens with zero attached hydrogens (tertiary/aromatic N) is 6. The maximum absolute atomic E-state index is 13.4. The number of rotatable bonds is 5. The largest absolute Gasteiger partial charge is 0.497 e. The minimum Gasteiger partial charge on any atom is -0.497 e. The van der Waals surface area contributed by atoms with Gasteiger partial charge in [0.2, 0.25) is 11.7 Å². The molecule has 0 unspecified atom stereocenters. The second-order valence-corrected chi connectivity index (χ2v) is 7.17. The Bertz CT molecular complexity index is 1030. The monoisotopic (exact) mass is 410 g/mol. The van der Waals surface area contributed by atoms with Gasteiger partial charge in [0.25, 0.3) is 0 Å². The molecule has 4 rings (SSSR count). The molecule has 156 valence electrons. The van der Waals surface area contributed by atoms with Crippen molar-refractivity contribution >= 4 is 11.6 Å². The van der Waals surface area contributed by atoms with Crippen LogP contribution >= 0.6 is 0 Å². The summed E-state index contributed by atoms with van der Waals surface area (Å²) in [5.74, 6) is 0.858. The number of aryl methyl sites for hydroxylation is 1. The van der Waals surface area contributed by atoms with E-state index in [2.05, 4.69) is 20.3 Å². The molecule has 2 heterocycles. The number of carbonyl (C=O) groups excluding carboxylic acids is 1. The maximum Gasteiger partial charge on any atom is 0.246 e. The molecule has 2 aromatic carbocycles. The van der Waals surface area contributed by atoms with E-state index in [1.54, 1.807) is 26.2 Å². The molecule has 1 fully saturated rings. The molecule has 1 amide bonds. The lowest BCUT2D eigenvalue weighted by atomic mass is 10.1. The summed E-state index contributed by atoms with van der Waals surface area (Å²) in [4.78, 5) is 18.0. The predicted octanol–water partition coefficient (Wildman–Crippen LogP) is 2.15. The molecule has 0 saturated carbocycles. The van der Waals surface area contributed by atoms with Crippen molar-refractivity contribution in [2.75, 3.05) is 38.2 Å². The van der Waals surface area contributed by atoms with Gasteiger partial charge in [0.15, 0.2) is 0 Å². The number of ether oxygens (including phenoxy) is 1. The van der Waals surface area contributed by atoms with Crippen LogP contribution in [-0.2, 0) is 11.3 Å². The van der Waals surface area contributed by atoms with E-state index in [0.29, 0.717) is 30.0 Å². The molecule has 3 aromatic rings. The van der Waals surface area contributed by atoms with Gasteiger partial charge in [-0.1, -0.05) is 0 Å². The molecule has 0 aliphatic carbocycles. The number of hydrogen-bond donors (Lipinski definition) is 0. The van der Waals surface area contributed by atoms with Crippen molar-refractivity contribution in [3.8, 4) is 17.1 Å². The number of methoxy groups -OCH3 is 1. The van der Waals surface area contributed by atoms with Gasteiger partial charge < -0.3 is 14.5 Å². The number of carbonyl (C=O) groups is 1. The van der Waals surface area contributed by atoms with Gasteiger partial charge >= 0.3 is 0 Å². The fourth-order valence-electron chi connectivity index (χ4n) is 3.44. The number of halogens is 1. The van der Waals surface area contributed by atoms with Crippen LogP contribution in [0.2, 0.25) is 0 Å². The third kappa shape index (κ3) is 4.24. The Hall–Kier alpha value is -3.49. The summed E-state index contributed by atoms with van der Waals surface area (Å²) >= 11 is 0. The van der Waals surface area contributed by atoms with Crippen LogP contribution in [0.25, 0.3) is 11.4 Å². The Morgan fingerprint density at radius 1 is 1.10 bits per heavy atom. The van der Waals surface area contributed by atoms with Crippen molar-refractivity contribution < 1.29 is 13.9 Å². The molecule has 1 aromatic heterocycles. The normalized spacial score (nSPS) is 14.1. The van der Waals surface area contributed by atoms with E-state index in [1.165, 1.54) is 10.9 Å². The topological polar surface area (TPSA) is 76.4 Å². The van der Waals surface area contributed by atoms with Crippen LogP contribution in [0.3, 0.4) is 0 Å². The molecule has 0 radical (unpaired) electrons. The van der Waals surface area contributed by atoms with Gasteiger partial charge in [0, 0.05) is 37.4 Å². The second-order valence-electron chi connectivity index (χ2n) is 7.17. The fourth-order valence-corrected chi connectivity index (χ4v) is 3.44. The van der Waals surface area contributed by atoms with Crippen molar-refractivity contribution in [1.29, 1.82) is 0 Å². The lowest BCUT2D eigenvalue weighted by molar-refractivity contribution is -0.132. The molecule has 1 saturated heterocycles. The van der Waals surface area contributed by atoms with E-state index in [4.69, 9.17) is 4.74 Å². The molecule has 9 heteroatoms. The Morgan fingerprint density at radius 3 is 2.50 bits per heavy atom. The van der Waals surface area contributed by atoms with E-state index in [1.807, 2.05) is 29.2 Å². The third-order valence-electron chi connectivity index (χ3n) is 5.22. The van der Waals surface area contributed by atoms with E-state index in [9.17, 15) is 9.18 Å². The van der Waals surface area contributed by atoms with Crippen LogP contribution in [0.4, 0.5) is 10.1 Å². The fraction of sp³-hybridized carbons (Fsp3) is 0.333. The van der Waals surface area contributed by atoms with Crippen molar-refractivity contribution in [3.63, 3.8) is 0 Å². The zero-order valence-electron chi connectivity index (χ0n) is 17.0. The van der Waals surface area contributed by atoms with Gasteiger partial charge in [0.05, 0.1) is 7.11 Å². The Morgan fingerprint density at radius 2 is 1.83 bits per heavy atom. The quantitative estimate of drug-likeness (QED) is 0.642. The van der Waals surface area contributed by atoms with Gasteiger partial charge in [-0.2, -0.15) is 4.80 Å². The number of hydrogen-bond acceptors (Lipinski definition) is 6. The highest BCUT2D eigenvalue weighted by atomic mass is 19.1. The number of tetrazole rings is 1. The Labute approximate surface area is 173 Å². The first-order valence-electron chi connectivity index (χ1n) is 9.74. The predicted molar refractivity (Wildman–Crippen MR) is 110 cm³/mol. The summed E-state index contributed by atoms with van der Waals surface area (Å²) < 4.78 is 18.6. The second kappa shape index (κ2) is 8.48. The molecule has 0 atom stereocenters. The average molecular weight is 410 g/mol. The van der Waals surface area contributed by atoms with Gasteiger partial charge in [0.1, 0.15) is 18.1 Å². The van der Waals surface area contributed by atoms with Gasteiger partial charge in [-0.15, -0.1) is 10.2 Å². The first-order chi connectivity index (χ1) is 14.5. The van der Waals surface area contributed by atoms with Crippen molar-refractivity contribution in [1.82, 2.24) is 25.1 Å². The molecule has 1 aliphatic rings. The Balaban J connectivity index is 1.33. The summed E-state index contributed by atoms with van der Waals surface area (Å²) in [6, 6.07) is 12.6. The van der Waals surface area contributed by atoms with Gasteiger partial charge in [-0.05, 0) is 60.2 Å². The summed E-state index contributed by atoms with van der Waals surface area (Å²) in [6.45, 7) is 4.47. The SMILES string of the molecule is COc1ccc(N2CCN(C(=O)Cn3nnc(-c4ccc(F)c(C)c4)n3)CC2)cc1. The Kier molecular flexibility index (Phi) is 5.60. The molecule has 0 N–H and O–H groups in total. The van der Waals surface area contributed by atoms with Gasteiger partial charge in [-0.3, -0.25) is 4.79 Å². The molecule has 8 nitrogen and oxygen atoms in total. The zero-order valence-corrected chi connectivity index (χ0v) is 17.0. The van der Waals surface area contributed by atoms with Crippen LogP contribution in [0.15, 0.2) is 42.5 Å². The standard InChI is InChI=1S/C21H23FN6O2/c1-15-13-16(3-8-19(15)22)21-23-25-28(24-21)14-20(29)27-11-9-26(10-12-27)17-4-6-18(30-2)7-5-17/h3-8,13H,9-12,14H2,1-2H3. The van der Waals surface area contributed by atoms with Crippen LogP contribution in [0.5, 0.6) is 5.75 Å². The number of piperazine rings is 1. The molecule has 0 bridgehead atoms. The van der Waals surface area contributed by atoms with Crippen molar-refractivity contribution in [2.45, 2.75) is 13.5 Å². The summed E-state index contributed by atoms with van der Waals surface area (Å²) in [5, 5.41) is 12.2. The maximum atomic E-state index is 13.4. The summed E-state index contributed by atoms with van der Waals surface area (Å²) in [7, 11) is 1.65. The molecule has 1 aliphatic heterocycles. The van der Waals surface area contributed by atoms with E-state index < -0.39 is 0 Å². The van der Waals surface area contributed by atoms with E-state index >= 15 is 0 Å². The highest BCUT2D eigenvalue weighted by molar-refractivity contribution is 5.76. The van der Waals surface area contributed by atoms with E-state index in [0.717, 1.165) is 24.5 Å². The molecular weight excluding hydrogens is 387 g/mol. The van der Waals surface area contributed by atoms with Crippen molar-refractivity contribution in [2.24, 2.45) is 0 Å². The third-order valence-corrected chi connectivity index (χ3v) is 5.22. The smallest absolute Gasteiger partial charge is 0.246 e. The highest BCUT2D eigenvalue weighted by Crippen LogP contribution is 2.21. The molecule has 0 spiro atoms. The molecule has 30 heavy (non-hydrogen) atoms. The lowest BCUT2D eigenvalue weighted by Gasteiger charge is -2.36. The number of aromatic nitrogens is 4. The van der Waals surface area contributed by atoms with Crippen LogP contribution < -0.4 is 9.64 Å². The van der Waals surface area contributed by atoms with Crippen molar-refractivity contribution in [3.05, 3.63) is 53.8 Å². The first kappa shape index (κ1) is 19.8. The van der Waals surface area contributed by atoms with Crippen LogP contribution in [-0.4, -0.2) is 64.3 Å². The first-order valence-corrected chi connectivity index (χ1v) is 9.74. The minimum absolute atomic E-state index is 0.0235. The average Bonchev–Trinajstić information content (AvgIpc) is 3.24. The molecular formula is C21H23FN6O2. The van der Waals surface area contributed by atoms with E-state index in [-0.39, 0.29) is 18.3 Å². The number of amides is 1. The summed E-state index contributed by atoms with van der Waals surface area (Å²) in [5.41, 5.74) is 2.29. The van der Waals surface area contributed by atoms with Gasteiger partial charge in [-0.25, -0.2) is 4.39 Å². The number of anilines is 1. The van der Waals surface area contributed by atoms with Crippen LogP contribution in [0, 0.1) is 12.7 Å². The van der Waals surface area contributed by atoms with Crippen LogP contribution in [0.1, 0.15) is 5.56 Å².